The van der Waals surface area contributed by atoms with E-state index in [1.54, 1.807) is 0 Å². The van der Waals surface area contributed by atoms with Crippen LogP contribution in [0.3, 0.4) is 0 Å². The minimum Gasteiger partial charge on any atom is -0.406 e. The van der Waals surface area contributed by atoms with Gasteiger partial charge < -0.3 is 10.1 Å². The number of rotatable bonds is 5. The van der Waals surface area contributed by atoms with E-state index in [1.807, 2.05) is 31.2 Å². The average Bonchev–Trinajstić information content (AvgIpc) is 2.64. The van der Waals surface area contributed by atoms with E-state index in [1.165, 1.54) is 24.5 Å². The van der Waals surface area contributed by atoms with Gasteiger partial charge in [-0.1, -0.05) is 29.8 Å². The highest BCUT2D eigenvalue weighted by Gasteiger charge is 2.30. The molecular weight excluding hydrogens is 387 g/mol. The molecule has 0 saturated heterocycles. The van der Waals surface area contributed by atoms with E-state index in [0.717, 1.165) is 27.8 Å². The van der Waals surface area contributed by atoms with Gasteiger partial charge in [-0.2, -0.15) is 0 Å². The molecule has 0 bridgehead atoms. The summed E-state index contributed by atoms with van der Waals surface area (Å²) in [6, 6.07) is 13.5. The molecule has 0 radical (unpaired) electrons. The summed E-state index contributed by atoms with van der Waals surface area (Å²) < 4.78 is 41.4. The zero-order valence-electron chi connectivity index (χ0n) is 15.2. The minimum atomic E-state index is -4.79. The van der Waals surface area contributed by atoms with Crippen molar-refractivity contribution in [2.24, 2.45) is 0 Å². The Labute approximate surface area is 163 Å². The molecule has 0 unspecified atom stereocenters. The molecule has 0 aliphatic rings. The van der Waals surface area contributed by atoms with Crippen LogP contribution in [0.15, 0.2) is 65.7 Å². The van der Waals surface area contributed by atoms with Gasteiger partial charge in [-0.15, -0.1) is 13.2 Å². The number of alkyl halides is 3. The third-order valence-corrected chi connectivity index (χ3v) is 3.91. The Hall–Kier alpha value is -3.62. The number of aryl methyl sites for hydroxylation is 1. The van der Waals surface area contributed by atoms with Crippen LogP contribution in [0.4, 0.5) is 18.9 Å². The number of halogens is 3. The van der Waals surface area contributed by atoms with Gasteiger partial charge in [-0.3, -0.25) is 14.2 Å². The first-order chi connectivity index (χ1) is 13.7. The maximum atomic E-state index is 12.3. The number of nitrogens with one attached hydrogen (secondary N) is 1. The Morgan fingerprint density at radius 1 is 1.10 bits per heavy atom. The van der Waals surface area contributed by atoms with Gasteiger partial charge in [-0.25, -0.2) is 4.98 Å². The van der Waals surface area contributed by atoms with Gasteiger partial charge in [0.15, 0.2) is 0 Å². The molecule has 0 aliphatic heterocycles. The van der Waals surface area contributed by atoms with Crippen molar-refractivity contribution in [2.75, 3.05) is 5.32 Å². The summed E-state index contributed by atoms with van der Waals surface area (Å²) in [7, 11) is 0. The Morgan fingerprint density at radius 2 is 1.76 bits per heavy atom. The van der Waals surface area contributed by atoms with Crippen molar-refractivity contribution in [3.63, 3.8) is 0 Å². The fraction of sp³-hybridized carbons (Fsp3) is 0.150. The summed E-state index contributed by atoms with van der Waals surface area (Å²) >= 11 is 0. The van der Waals surface area contributed by atoms with E-state index >= 15 is 0 Å². The summed E-state index contributed by atoms with van der Waals surface area (Å²) in [5.74, 6) is -0.927. The number of ether oxygens (including phenoxy) is 1. The van der Waals surface area contributed by atoms with Crippen LogP contribution in [0, 0.1) is 6.92 Å². The molecule has 0 saturated carbocycles. The highest BCUT2D eigenvalue weighted by atomic mass is 19.4. The molecule has 0 atom stereocenters. The number of nitrogens with zero attached hydrogens (tertiary/aromatic N) is 2. The number of anilines is 1. The molecule has 1 amide bonds. The van der Waals surface area contributed by atoms with E-state index in [-0.39, 0.29) is 12.2 Å². The van der Waals surface area contributed by atoms with Gasteiger partial charge >= 0.3 is 6.36 Å². The lowest BCUT2D eigenvalue weighted by atomic mass is 10.1. The van der Waals surface area contributed by atoms with E-state index < -0.39 is 23.6 Å². The molecule has 150 valence electrons. The Bertz CT molecular complexity index is 1060. The van der Waals surface area contributed by atoms with Gasteiger partial charge in [0.1, 0.15) is 12.3 Å². The van der Waals surface area contributed by atoms with Gasteiger partial charge in [-0.05, 0) is 31.2 Å². The number of aromatic nitrogens is 2. The second-order valence-electron chi connectivity index (χ2n) is 6.23. The number of hydrogen-bond acceptors (Lipinski definition) is 4. The third kappa shape index (κ3) is 5.68. The number of carbonyl (C=O) groups is 1. The summed E-state index contributed by atoms with van der Waals surface area (Å²) in [5.41, 5.74) is 2.22. The molecular formula is C20H16F3N3O3. The van der Waals surface area contributed by atoms with Gasteiger partial charge in [0, 0.05) is 17.3 Å². The molecule has 1 heterocycles. The summed E-state index contributed by atoms with van der Waals surface area (Å²) in [6.07, 6.45) is -3.51. The van der Waals surface area contributed by atoms with Gasteiger partial charge in [0.2, 0.25) is 5.91 Å². The van der Waals surface area contributed by atoms with E-state index in [0.29, 0.717) is 5.69 Å². The van der Waals surface area contributed by atoms with Crippen molar-refractivity contribution in [3.8, 4) is 17.0 Å². The molecule has 1 N–H and O–H groups in total. The molecule has 29 heavy (non-hydrogen) atoms. The predicted molar refractivity (Wildman–Crippen MR) is 100 cm³/mol. The van der Waals surface area contributed by atoms with E-state index in [2.05, 4.69) is 15.0 Å². The average molecular weight is 403 g/mol. The number of benzene rings is 2. The maximum absolute atomic E-state index is 12.3. The molecule has 6 nitrogen and oxygen atoms in total. The van der Waals surface area contributed by atoms with Crippen molar-refractivity contribution >= 4 is 11.6 Å². The molecule has 2 aromatic carbocycles. The zero-order chi connectivity index (χ0) is 21.0. The van der Waals surface area contributed by atoms with Crippen LogP contribution < -0.4 is 15.6 Å². The molecule has 1 aromatic heterocycles. The van der Waals surface area contributed by atoms with Crippen molar-refractivity contribution < 1.29 is 22.7 Å². The van der Waals surface area contributed by atoms with Gasteiger partial charge in [0.05, 0.1) is 12.0 Å². The maximum Gasteiger partial charge on any atom is 0.573 e. The predicted octanol–water partition coefficient (Wildman–Crippen LogP) is 3.76. The van der Waals surface area contributed by atoms with Crippen molar-refractivity contribution in [1.29, 1.82) is 0 Å². The molecule has 0 spiro atoms. The highest BCUT2D eigenvalue weighted by molar-refractivity contribution is 5.90. The van der Waals surface area contributed by atoms with E-state index in [9.17, 15) is 22.8 Å². The van der Waals surface area contributed by atoms with Crippen molar-refractivity contribution in [2.45, 2.75) is 19.8 Å². The first-order valence-corrected chi connectivity index (χ1v) is 8.49. The van der Waals surface area contributed by atoms with Crippen LogP contribution in [-0.2, 0) is 11.3 Å². The third-order valence-electron chi connectivity index (χ3n) is 3.91. The first kappa shape index (κ1) is 20.1. The molecule has 3 rings (SSSR count). The number of carbonyl (C=O) groups excluding carboxylic acids is 1. The first-order valence-electron chi connectivity index (χ1n) is 8.49. The highest BCUT2D eigenvalue weighted by Crippen LogP contribution is 2.24. The molecule has 3 aromatic rings. The van der Waals surface area contributed by atoms with Gasteiger partial charge in [0.25, 0.3) is 5.56 Å². The summed E-state index contributed by atoms with van der Waals surface area (Å²) in [6.45, 7) is 1.66. The normalized spacial score (nSPS) is 11.2. The Kier molecular flexibility index (Phi) is 5.67. The van der Waals surface area contributed by atoms with Crippen LogP contribution in [0.1, 0.15) is 5.56 Å². The van der Waals surface area contributed by atoms with Crippen LogP contribution in [-0.4, -0.2) is 21.8 Å². The number of hydrogen-bond donors (Lipinski definition) is 1. The summed E-state index contributed by atoms with van der Waals surface area (Å²) in [5, 5.41) is 2.50. The standard InChI is InChI=1S/C20H16F3N3O3/c1-13-2-4-14(5-3-13)17-10-19(28)26(12-24-17)11-18(27)25-15-6-8-16(9-7-15)29-20(21,22)23/h2-10,12H,11H2,1H3,(H,25,27). The quantitative estimate of drug-likeness (QED) is 0.704. The fourth-order valence-corrected chi connectivity index (χ4v) is 2.52. The van der Waals surface area contributed by atoms with Crippen molar-refractivity contribution in [3.05, 3.63) is 76.8 Å². The van der Waals surface area contributed by atoms with Crippen LogP contribution >= 0.6 is 0 Å². The smallest absolute Gasteiger partial charge is 0.406 e. The lowest BCUT2D eigenvalue weighted by molar-refractivity contribution is -0.274. The monoisotopic (exact) mass is 403 g/mol. The zero-order valence-corrected chi connectivity index (χ0v) is 15.2. The fourth-order valence-electron chi connectivity index (χ4n) is 2.52. The topological polar surface area (TPSA) is 73.2 Å². The lowest BCUT2D eigenvalue weighted by Crippen LogP contribution is -2.27. The molecule has 9 heteroatoms. The van der Waals surface area contributed by atoms with Crippen LogP contribution in [0.25, 0.3) is 11.3 Å². The molecule has 0 aliphatic carbocycles. The van der Waals surface area contributed by atoms with E-state index in [4.69, 9.17) is 0 Å². The molecule has 0 fully saturated rings. The largest absolute Gasteiger partial charge is 0.573 e. The second kappa shape index (κ2) is 8.17. The summed E-state index contributed by atoms with van der Waals surface area (Å²) in [4.78, 5) is 28.6. The SMILES string of the molecule is Cc1ccc(-c2cc(=O)n(CC(=O)Nc3ccc(OC(F)(F)F)cc3)cn2)cc1. The minimum absolute atomic E-state index is 0.266. The van der Waals surface area contributed by atoms with Crippen LogP contribution in [0.5, 0.6) is 5.75 Å². The lowest BCUT2D eigenvalue weighted by Gasteiger charge is -2.10. The van der Waals surface area contributed by atoms with Crippen molar-refractivity contribution in [1.82, 2.24) is 9.55 Å². The number of amides is 1. The Balaban J connectivity index is 1.64. The van der Waals surface area contributed by atoms with Crippen LogP contribution in [0.2, 0.25) is 0 Å². The Morgan fingerprint density at radius 3 is 2.34 bits per heavy atom. The second-order valence-corrected chi connectivity index (χ2v) is 6.23.